The molecule has 0 bridgehead atoms. The number of para-hydroxylation sites is 1. The molecule has 2 aromatic heterocycles. The Morgan fingerprint density at radius 2 is 1.69 bits per heavy atom. The van der Waals surface area contributed by atoms with Gasteiger partial charge in [0.1, 0.15) is 5.69 Å². The van der Waals surface area contributed by atoms with E-state index in [0.717, 1.165) is 33.4 Å². The molecule has 4 rings (SSSR count). The van der Waals surface area contributed by atoms with Crippen molar-refractivity contribution >= 4 is 10.9 Å². The number of aryl methyl sites for hydroxylation is 1. The molecule has 2 aromatic carbocycles. The number of benzene rings is 2. The third-order valence-corrected chi connectivity index (χ3v) is 4.64. The molecule has 0 N–H and O–H groups in total. The van der Waals surface area contributed by atoms with E-state index in [0.29, 0.717) is 11.7 Å². The van der Waals surface area contributed by atoms with Gasteiger partial charge < -0.3 is 0 Å². The van der Waals surface area contributed by atoms with Crippen LogP contribution in [0, 0.1) is 6.92 Å². The average Bonchev–Trinajstić information content (AvgIpc) is 2.68. The first-order valence-corrected chi connectivity index (χ1v) is 8.92. The molecule has 0 aliphatic heterocycles. The maximum atomic E-state index is 4.90. The maximum absolute atomic E-state index is 4.90. The molecule has 0 radical (unpaired) electrons. The lowest BCUT2D eigenvalue weighted by atomic mass is 9.98. The van der Waals surface area contributed by atoms with Crippen molar-refractivity contribution in [2.45, 2.75) is 26.7 Å². The predicted molar refractivity (Wildman–Crippen MR) is 107 cm³/mol. The monoisotopic (exact) mass is 339 g/mol. The van der Waals surface area contributed by atoms with Gasteiger partial charge in [0.25, 0.3) is 0 Å². The molecule has 0 unspecified atom stereocenters. The Balaban J connectivity index is 1.82. The van der Waals surface area contributed by atoms with Crippen LogP contribution in [0.25, 0.3) is 33.7 Å². The van der Waals surface area contributed by atoms with Crippen LogP contribution in [0.5, 0.6) is 0 Å². The lowest BCUT2D eigenvalue weighted by molar-refractivity contribution is 0.867. The topological polar surface area (TPSA) is 38.7 Å². The van der Waals surface area contributed by atoms with Gasteiger partial charge in [0.2, 0.25) is 0 Å². The highest BCUT2D eigenvalue weighted by Gasteiger charge is 2.11. The summed E-state index contributed by atoms with van der Waals surface area (Å²) in [6, 6.07) is 20.7. The minimum atomic E-state index is 0.488. The molecule has 0 atom stereocenters. The number of hydrogen-bond donors (Lipinski definition) is 0. The van der Waals surface area contributed by atoms with Crippen LogP contribution in [-0.2, 0) is 0 Å². The Kier molecular flexibility index (Phi) is 4.21. The van der Waals surface area contributed by atoms with Gasteiger partial charge in [0.15, 0.2) is 5.82 Å². The fourth-order valence-electron chi connectivity index (χ4n) is 3.09. The van der Waals surface area contributed by atoms with Crippen molar-refractivity contribution in [3.8, 4) is 22.8 Å². The average molecular weight is 339 g/mol. The summed E-state index contributed by atoms with van der Waals surface area (Å²) in [5.41, 5.74) is 6.32. The molecule has 0 aliphatic carbocycles. The van der Waals surface area contributed by atoms with Gasteiger partial charge in [-0.25, -0.2) is 15.0 Å². The Labute approximate surface area is 153 Å². The second-order valence-electron chi connectivity index (χ2n) is 6.89. The SMILES string of the molecule is Cc1ccc(-c2ncc3ccccc3n2)nc1-c1cccc(C(C)C)c1. The third-order valence-electron chi connectivity index (χ3n) is 4.64. The molecule has 3 nitrogen and oxygen atoms in total. The Morgan fingerprint density at radius 3 is 2.54 bits per heavy atom. The van der Waals surface area contributed by atoms with Crippen LogP contribution in [0.4, 0.5) is 0 Å². The summed E-state index contributed by atoms with van der Waals surface area (Å²) in [5.74, 6) is 1.15. The minimum Gasteiger partial charge on any atom is -0.244 e. The van der Waals surface area contributed by atoms with E-state index in [1.807, 2.05) is 36.5 Å². The van der Waals surface area contributed by atoms with Crippen LogP contribution in [0.1, 0.15) is 30.9 Å². The highest BCUT2D eigenvalue weighted by molar-refractivity contribution is 5.79. The van der Waals surface area contributed by atoms with Crippen LogP contribution >= 0.6 is 0 Å². The third kappa shape index (κ3) is 3.08. The molecular formula is C23H21N3. The fourth-order valence-corrected chi connectivity index (χ4v) is 3.09. The standard InChI is InChI=1S/C23H21N3/c1-15(2)17-8-6-9-18(13-17)22-16(3)11-12-21(25-22)23-24-14-19-7-4-5-10-20(19)26-23/h4-15H,1-3H3. The smallest absolute Gasteiger partial charge is 0.178 e. The zero-order valence-corrected chi connectivity index (χ0v) is 15.3. The number of aromatic nitrogens is 3. The Hall–Kier alpha value is -3.07. The lowest BCUT2D eigenvalue weighted by Crippen LogP contribution is -1.97. The quantitative estimate of drug-likeness (QED) is 0.474. The van der Waals surface area contributed by atoms with Crippen molar-refractivity contribution in [1.82, 2.24) is 15.0 Å². The van der Waals surface area contributed by atoms with Gasteiger partial charge in [-0.2, -0.15) is 0 Å². The second kappa shape index (κ2) is 6.68. The first-order valence-electron chi connectivity index (χ1n) is 8.92. The fraction of sp³-hybridized carbons (Fsp3) is 0.174. The van der Waals surface area contributed by atoms with Gasteiger partial charge in [-0.05, 0) is 42.2 Å². The Bertz CT molecular complexity index is 1080. The van der Waals surface area contributed by atoms with Crippen LogP contribution in [0.3, 0.4) is 0 Å². The number of pyridine rings is 1. The number of rotatable bonds is 3. The highest BCUT2D eigenvalue weighted by Crippen LogP contribution is 2.27. The van der Waals surface area contributed by atoms with E-state index in [-0.39, 0.29) is 0 Å². The summed E-state index contributed by atoms with van der Waals surface area (Å²) in [7, 11) is 0. The Morgan fingerprint density at radius 1 is 0.846 bits per heavy atom. The van der Waals surface area contributed by atoms with E-state index in [9.17, 15) is 0 Å². The number of fused-ring (bicyclic) bond motifs is 1. The van der Waals surface area contributed by atoms with E-state index < -0.39 is 0 Å². The molecule has 3 heteroatoms. The van der Waals surface area contributed by atoms with E-state index in [1.54, 1.807) is 0 Å². The molecule has 0 spiro atoms. The van der Waals surface area contributed by atoms with Gasteiger partial charge in [0.05, 0.1) is 11.2 Å². The van der Waals surface area contributed by atoms with Gasteiger partial charge in [-0.15, -0.1) is 0 Å². The molecule has 4 aromatic rings. The summed E-state index contributed by atoms with van der Waals surface area (Å²) < 4.78 is 0. The molecular weight excluding hydrogens is 318 g/mol. The van der Waals surface area contributed by atoms with Gasteiger partial charge in [0, 0.05) is 17.1 Å². The van der Waals surface area contributed by atoms with E-state index >= 15 is 0 Å². The molecule has 0 saturated carbocycles. The molecule has 0 amide bonds. The predicted octanol–water partition coefficient (Wildman–Crippen LogP) is 5.79. The van der Waals surface area contributed by atoms with Crippen LogP contribution in [-0.4, -0.2) is 15.0 Å². The van der Waals surface area contributed by atoms with Crippen molar-refractivity contribution < 1.29 is 0 Å². The van der Waals surface area contributed by atoms with Crippen LogP contribution in [0.2, 0.25) is 0 Å². The molecule has 0 fully saturated rings. The molecule has 128 valence electrons. The number of nitrogens with zero attached hydrogens (tertiary/aromatic N) is 3. The largest absolute Gasteiger partial charge is 0.244 e. The summed E-state index contributed by atoms with van der Waals surface area (Å²) >= 11 is 0. The summed E-state index contributed by atoms with van der Waals surface area (Å²) in [6.07, 6.45) is 1.86. The molecule has 0 saturated heterocycles. The first-order chi connectivity index (χ1) is 12.6. The zero-order valence-electron chi connectivity index (χ0n) is 15.3. The van der Waals surface area contributed by atoms with Crippen molar-refractivity contribution in [2.24, 2.45) is 0 Å². The van der Waals surface area contributed by atoms with Crippen LogP contribution in [0.15, 0.2) is 66.9 Å². The molecule has 2 heterocycles. The van der Waals surface area contributed by atoms with E-state index in [1.165, 1.54) is 5.56 Å². The lowest BCUT2D eigenvalue weighted by Gasteiger charge is -2.11. The number of hydrogen-bond acceptors (Lipinski definition) is 3. The second-order valence-corrected chi connectivity index (χ2v) is 6.89. The van der Waals surface area contributed by atoms with Crippen molar-refractivity contribution in [3.63, 3.8) is 0 Å². The zero-order chi connectivity index (χ0) is 18.1. The van der Waals surface area contributed by atoms with E-state index in [2.05, 4.69) is 61.1 Å². The summed E-state index contributed by atoms with van der Waals surface area (Å²) in [5, 5.41) is 1.04. The van der Waals surface area contributed by atoms with E-state index in [4.69, 9.17) is 4.98 Å². The molecule has 26 heavy (non-hydrogen) atoms. The normalized spacial score (nSPS) is 11.2. The van der Waals surface area contributed by atoms with Crippen LogP contribution < -0.4 is 0 Å². The van der Waals surface area contributed by atoms with Crippen molar-refractivity contribution in [1.29, 1.82) is 0 Å². The highest BCUT2D eigenvalue weighted by atomic mass is 14.9. The minimum absolute atomic E-state index is 0.488. The maximum Gasteiger partial charge on any atom is 0.178 e. The van der Waals surface area contributed by atoms with Crippen molar-refractivity contribution in [3.05, 3.63) is 78.0 Å². The molecule has 0 aliphatic rings. The van der Waals surface area contributed by atoms with Gasteiger partial charge >= 0.3 is 0 Å². The van der Waals surface area contributed by atoms with Crippen molar-refractivity contribution in [2.75, 3.05) is 0 Å². The van der Waals surface area contributed by atoms with Gasteiger partial charge in [-0.3, -0.25) is 0 Å². The summed E-state index contributed by atoms with van der Waals surface area (Å²) in [4.78, 5) is 14.1. The van der Waals surface area contributed by atoms with Gasteiger partial charge in [-0.1, -0.05) is 56.3 Å². The summed E-state index contributed by atoms with van der Waals surface area (Å²) in [6.45, 7) is 6.51. The first kappa shape index (κ1) is 16.4.